The second-order valence-corrected chi connectivity index (χ2v) is 5.68. The first-order valence-electron chi connectivity index (χ1n) is 7.21. The summed E-state index contributed by atoms with van der Waals surface area (Å²) in [6.45, 7) is 0.314. The summed E-state index contributed by atoms with van der Waals surface area (Å²) in [6, 6.07) is 9.02. The molecule has 0 bridgehead atoms. The summed E-state index contributed by atoms with van der Waals surface area (Å²) in [5.74, 6) is 0.0902. The summed E-state index contributed by atoms with van der Waals surface area (Å²) in [5.41, 5.74) is 0.419. The first-order valence-corrected chi connectivity index (χ1v) is 7.97. The third-order valence-corrected chi connectivity index (χ3v) is 3.96. The number of amides is 1. The number of rotatable bonds is 7. The zero-order valence-corrected chi connectivity index (χ0v) is 14.5. The van der Waals surface area contributed by atoms with Crippen LogP contribution in [0.25, 0.3) is 0 Å². The quantitative estimate of drug-likeness (QED) is 0.701. The third kappa shape index (κ3) is 5.01. The number of carbonyl (C=O) groups is 1. The van der Waals surface area contributed by atoms with Gasteiger partial charge >= 0.3 is 0 Å². The molecule has 0 saturated carbocycles. The second-order valence-electron chi connectivity index (χ2n) is 4.90. The van der Waals surface area contributed by atoms with Crippen LogP contribution in [0.4, 0.5) is 10.1 Å². The molecule has 1 amide bonds. The van der Waals surface area contributed by atoms with Crippen molar-refractivity contribution in [2.45, 2.75) is 12.8 Å². The number of methoxy groups -OCH3 is 1. The Bertz CT molecular complexity index is 725. The maximum absolute atomic E-state index is 13.1. The van der Waals surface area contributed by atoms with Crippen LogP contribution in [0.3, 0.4) is 0 Å². The number of nitrogens with one attached hydrogen (secondary N) is 1. The molecule has 2 rings (SSSR count). The van der Waals surface area contributed by atoms with E-state index in [2.05, 4.69) is 5.32 Å². The number of carbonyl (C=O) groups excluding carboxylic acids is 1. The molecular weight excluding hydrogens is 356 g/mol. The Morgan fingerprint density at radius 2 is 2.00 bits per heavy atom. The van der Waals surface area contributed by atoms with Crippen LogP contribution < -0.4 is 14.8 Å². The van der Waals surface area contributed by atoms with Gasteiger partial charge in [-0.15, -0.1) is 0 Å². The lowest BCUT2D eigenvalue weighted by Crippen LogP contribution is -2.13. The monoisotopic (exact) mass is 371 g/mol. The van der Waals surface area contributed by atoms with Gasteiger partial charge in [0.2, 0.25) is 5.91 Å². The largest absolute Gasteiger partial charge is 0.494 e. The highest BCUT2D eigenvalue weighted by molar-refractivity contribution is 6.42. The Labute approximate surface area is 149 Å². The van der Waals surface area contributed by atoms with E-state index in [0.717, 1.165) is 0 Å². The van der Waals surface area contributed by atoms with Gasteiger partial charge in [-0.05, 0) is 30.7 Å². The first-order chi connectivity index (χ1) is 11.5. The second kappa shape index (κ2) is 8.76. The lowest BCUT2D eigenvalue weighted by molar-refractivity contribution is -0.116. The van der Waals surface area contributed by atoms with Crippen LogP contribution >= 0.6 is 23.2 Å². The molecule has 0 aliphatic carbocycles. The van der Waals surface area contributed by atoms with Gasteiger partial charge in [0.1, 0.15) is 22.3 Å². The molecule has 0 heterocycles. The van der Waals surface area contributed by atoms with Gasteiger partial charge in [-0.2, -0.15) is 0 Å². The minimum atomic E-state index is -0.434. The highest BCUT2D eigenvalue weighted by Gasteiger charge is 2.09. The van der Waals surface area contributed by atoms with E-state index in [1.807, 2.05) is 0 Å². The summed E-state index contributed by atoms with van der Waals surface area (Å²) in [7, 11) is 1.41. The molecule has 0 spiro atoms. The maximum atomic E-state index is 13.1. The molecular formula is C17H16Cl2FNO3. The van der Waals surface area contributed by atoms with Crippen LogP contribution in [0.15, 0.2) is 36.4 Å². The molecule has 2 aromatic carbocycles. The molecule has 0 aromatic heterocycles. The lowest BCUT2D eigenvalue weighted by Gasteiger charge is -2.11. The van der Waals surface area contributed by atoms with Crippen molar-refractivity contribution in [3.8, 4) is 11.5 Å². The number of benzene rings is 2. The highest BCUT2D eigenvalue weighted by Crippen LogP contribution is 2.31. The summed E-state index contributed by atoms with van der Waals surface area (Å²) in [4.78, 5) is 11.9. The standard InChI is InChI=1S/C17H16Cl2FNO3/c1-23-15-10-11(20)7-8-13(15)21-16(22)6-3-9-24-14-5-2-4-12(18)17(14)19/h2,4-5,7-8,10H,3,6,9H2,1H3,(H,21,22). The van der Waals surface area contributed by atoms with Crippen molar-refractivity contribution in [3.05, 3.63) is 52.3 Å². The molecule has 0 fully saturated rings. The van der Waals surface area contributed by atoms with Crippen molar-refractivity contribution in [3.63, 3.8) is 0 Å². The van der Waals surface area contributed by atoms with Crippen LogP contribution in [-0.2, 0) is 4.79 Å². The summed E-state index contributed by atoms with van der Waals surface area (Å²) in [5, 5.41) is 3.43. The van der Waals surface area contributed by atoms with Gasteiger partial charge in [-0.3, -0.25) is 4.79 Å². The van der Waals surface area contributed by atoms with Crippen molar-refractivity contribution in [2.24, 2.45) is 0 Å². The van der Waals surface area contributed by atoms with Gasteiger partial charge in [0, 0.05) is 12.5 Å². The smallest absolute Gasteiger partial charge is 0.224 e. The van der Waals surface area contributed by atoms with Gasteiger partial charge in [-0.25, -0.2) is 4.39 Å². The molecule has 0 aliphatic rings. The fourth-order valence-corrected chi connectivity index (χ4v) is 2.34. The Morgan fingerprint density at radius 3 is 2.75 bits per heavy atom. The van der Waals surface area contributed by atoms with E-state index >= 15 is 0 Å². The topological polar surface area (TPSA) is 47.6 Å². The van der Waals surface area contributed by atoms with Crippen molar-refractivity contribution >= 4 is 34.8 Å². The minimum absolute atomic E-state index is 0.222. The molecule has 128 valence electrons. The van der Waals surface area contributed by atoms with Gasteiger partial charge in [-0.1, -0.05) is 29.3 Å². The zero-order valence-electron chi connectivity index (χ0n) is 12.9. The average molecular weight is 372 g/mol. The molecule has 7 heteroatoms. The Morgan fingerprint density at radius 1 is 1.21 bits per heavy atom. The Kier molecular flexibility index (Phi) is 6.70. The zero-order chi connectivity index (χ0) is 17.5. The molecule has 0 saturated heterocycles. The summed E-state index contributed by atoms with van der Waals surface area (Å²) in [6.07, 6.45) is 0.719. The number of anilines is 1. The predicted molar refractivity (Wildman–Crippen MR) is 92.8 cm³/mol. The maximum Gasteiger partial charge on any atom is 0.224 e. The van der Waals surface area contributed by atoms with E-state index in [1.165, 1.54) is 25.3 Å². The van der Waals surface area contributed by atoms with E-state index in [1.54, 1.807) is 18.2 Å². The normalized spacial score (nSPS) is 10.3. The van der Waals surface area contributed by atoms with E-state index in [-0.39, 0.29) is 18.1 Å². The number of halogens is 3. The molecule has 0 unspecified atom stereocenters. The van der Waals surface area contributed by atoms with Crippen molar-refractivity contribution in [2.75, 3.05) is 19.0 Å². The highest BCUT2D eigenvalue weighted by atomic mass is 35.5. The third-order valence-electron chi connectivity index (χ3n) is 3.16. The molecule has 24 heavy (non-hydrogen) atoms. The number of hydrogen-bond acceptors (Lipinski definition) is 3. The Balaban J connectivity index is 1.81. The number of ether oxygens (including phenoxy) is 2. The van der Waals surface area contributed by atoms with Crippen LogP contribution in [0.2, 0.25) is 10.0 Å². The fraction of sp³-hybridized carbons (Fsp3) is 0.235. The minimum Gasteiger partial charge on any atom is -0.494 e. The summed E-state index contributed by atoms with van der Waals surface area (Å²) < 4.78 is 23.6. The van der Waals surface area contributed by atoms with Gasteiger partial charge in [0.15, 0.2) is 0 Å². The first kappa shape index (κ1) is 18.4. The molecule has 0 atom stereocenters. The van der Waals surface area contributed by atoms with Gasteiger partial charge in [0.25, 0.3) is 0 Å². The van der Waals surface area contributed by atoms with E-state index in [9.17, 15) is 9.18 Å². The summed E-state index contributed by atoms with van der Waals surface area (Å²) >= 11 is 11.9. The van der Waals surface area contributed by atoms with Crippen molar-refractivity contribution in [1.29, 1.82) is 0 Å². The van der Waals surface area contributed by atoms with E-state index in [4.69, 9.17) is 32.7 Å². The van der Waals surface area contributed by atoms with Crippen LogP contribution in [0.5, 0.6) is 11.5 Å². The van der Waals surface area contributed by atoms with E-state index in [0.29, 0.717) is 34.5 Å². The fourth-order valence-electron chi connectivity index (χ4n) is 1.99. The van der Waals surface area contributed by atoms with Crippen molar-refractivity contribution < 1.29 is 18.7 Å². The van der Waals surface area contributed by atoms with Gasteiger partial charge in [0.05, 0.1) is 24.4 Å². The van der Waals surface area contributed by atoms with Crippen LogP contribution in [0.1, 0.15) is 12.8 Å². The van der Waals surface area contributed by atoms with Crippen molar-refractivity contribution in [1.82, 2.24) is 0 Å². The van der Waals surface area contributed by atoms with Crippen LogP contribution in [-0.4, -0.2) is 19.6 Å². The predicted octanol–water partition coefficient (Wildman–Crippen LogP) is 4.94. The number of hydrogen-bond donors (Lipinski definition) is 1. The molecule has 1 N–H and O–H groups in total. The molecule has 2 aromatic rings. The van der Waals surface area contributed by atoms with E-state index < -0.39 is 5.82 Å². The van der Waals surface area contributed by atoms with Crippen LogP contribution in [0, 0.1) is 5.82 Å². The molecule has 4 nitrogen and oxygen atoms in total. The molecule has 0 aliphatic heterocycles. The lowest BCUT2D eigenvalue weighted by atomic mass is 10.2. The molecule has 0 radical (unpaired) electrons. The SMILES string of the molecule is COc1cc(F)ccc1NC(=O)CCCOc1cccc(Cl)c1Cl. The van der Waals surface area contributed by atoms with Gasteiger partial charge < -0.3 is 14.8 Å². The average Bonchev–Trinajstić information content (AvgIpc) is 2.56. The Hall–Kier alpha value is -1.98.